The first-order valence-electron chi connectivity index (χ1n) is 9.26. The molecule has 0 bridgehead atoms. The number of nitro groups is 1. The minimum Gasteiger partial charge on any atom is -0.461 e. The standard InChI is InChI=1S/C19H19N5O4S/c1-2-22-18(16-6-4-10-28-16)20-21-19(22)29-12-17(25)23-9-3-5-13-11-14(24(26)27)7-8-15(13)23/h4,6-8,10-11H,2-3,5,9,12H2,1H3. The van der Waals surface area contributed by atoms with Crippen LogP contribution in [-0.4, -0.2) is 37.9 Å². The van der Waals surface area contributed by atoms with E-state index >= 15 is 0 Å². The van der Waals surface area contributed by atoms with Crippen LogP contribution in [0.4, 0.5) is 11.4 Å². The lowest BCUT2D eigenvalue weighted by Crippen LogP contribution is -2.36. The summed E-state index contributed by atoms with van der Waals surface area (Å²) in [6.45, 7) is 3.23. The molecule has 0 atom stereocenters. The number of furan rings is 1. The first-order chi connectivity index (χ1) is 14.1. The van der Waals surface area contributed by atoms with Gasteiger partial charge in [0.1, 0.15) is 0 Å². The van der Waals surface area contributed by atoms with Gasteiger partial charge in [-0.15, -0.1) is 10.2 Å². The van der Waals surface area contributed by atoms with Crippen molar-refractivity contribution in [1.29, 1.82) is 0 Å². The van der Waals surface area contributed by atoms with E-state index in [0.29, 0.717) is 29.8 Å². The number of fused-ring (bicyclic) bond motifs is 1. The fourth-order valence-corrected chi connectivity index (χ4v) is 4.31. The molecule has 2 aromatic heterocycles. The minimum absolute atomic E-state index is 0.0499. The molecule has 150 valence electrons. The fraction of sp³-hybridized carbons (Fsp3) is 0.316. The Morgan fingerprint density at radius 3 is 2.93 bits per heavy atom. The summed E-state index contributed by atoms with van der Waals surface area (Å²) in [4.78, 5) is 25.2. The predicted molar refractivity (Wildman–Crippen MR) is 108 cm³/mol. The number of hydrogen-bond acceptors (Lipinski definition) is 7. The number of anilines is 1. The van der Waals surface area contributed by atoms with E-state index in [2.05, 4.69) is 10.2 Å². The number of amides is 1. The van der Waals surface area contributed by atoms with Crippen molar-refractivity contribution in [3.63, 3.8) is 0 Å². The topological polar surface area (TPSA) is 107 Å². The number of aromatic nitrogens is 3. The van der Waals surface area contributed by atoms with E-state index < -0.39 is 4.92 Å². The van der Waals surface area contributed by atoms with Crippen LogP contribution >= 0.6 is 11.8 Å². The highest BCUT2D eigenvalue weighted by Gasteiger charge is 2.25. The summed E-state index contributed by atoms with van der Waals surface area (Å²) in [5.41, 5.74) is 1.63. The third-order valence-electron chi connectivity index (χ3n) is 4.79. The fourth-order valence-electron chi connectivity index (χ4n) is 3.43. The number of hydrogen-bond donors (Lipinski definition) is 0. The Labute approximate surface area is 170 Å². The van der Waals surface area contributed by atoms with Crippen molar-refractivity contribution in [3.05, 3.63) is 52.3 Å². The highest BCUT2D eigenvalue weighted by molar-refractivity contribution is 7.99. The number of aryl methyl sites for hydroxylation is 1. The van der Waals surface area contributed by atoms with Crippen LogP contribution in [0.5, 0.6) is 0 Å². The van der Waals surface area contributed by atoms with E-state index in [1.807, 2.05) is 17.6 Å². The first-order valence-corrected chi connectivity index (χ1v) is 10.2. The van der Waals surface area contributed by atoms with Gasteiger partial charge in [-0.05, 0) is 43.5 Å². The van der Waals surface area contributed by atoms with Gasteiger partial charge in [-0.25, -0.2) is 0 Å². The van der Waals surface area contributed by atoms with Gasteiger partial charge in [0.25, 0.3) is 5.69 Å². The summed E-state index contributed by atoms with van der Waals surface area (Å²) in [6.07, 6.45) is 3.08. The molecule has 1 aromatic carbocycles. The summed E-state index contributed by atoms with van der Waals surface area (Å²) < 4.78 is 7.31. The van der Waals surface area contributed by atoms with Crippen LogP contribution in [0.3, 0.4) is 0 Å². The van der Waals surface area contributed by atoms with Crippen LogP contribution in [0.25, 0.3) is 11.6 Å². The lowest BCUT2D eigenvalue weighted by Gasteiger charge is -2.29. The Bertz CT molecular complexity index is 1050. The SMILES string of the molecule is CCn1c(SCC(=O)N2CCCc3cc([N+](=O)[O-])ccc32)nnc1-c1ccco1. The number of nitrogens with zero attached hydrogens (tertiary/aromatic N) is 5. The summed E-state index contributed by atoms with van der Waals surface area (Å²) in [6, 6.07) is 8.28. The van der Waals surface area contributed by atoms with Crippen molar-refractivity contribution in [2.24, 2.45) is 0 Å². The molecule has 1 aliphatic rings. The van der Waals surface area contributed by atoms with Crippen molar-refractivity contribution < 1.29 is 14.1 Å². The molecule has 3 aromatic rings. The molecule has 0 saturated heterocycles. The molecule has 1 amide bonds. The maximum atomic E-state index is 12.9. The van der Waals surface area contributed by atoms with E-state index in [0.717, 1.165) is 24.1 Å². The predicted octanol–water partition coefficient (Wildman–Crippen LogP) is 3.54. The van der Waals surface area contributed by atoms with Crippen LogP contribution in [-0.2, 0) is 17.8 Å². The Kier molecular flexibility index (Phi) is 5.34. The van der Waals surface area contributed by atoms with Crippen molar-refractivity contribution in [3.8, 4) is 11.6 Å². The highest BCUT2D eigenvalue weighted by atomic mass is 32.2. The molecule has 4 rings (SSSR count). The van der Waals surface area contributed by atoms with Gasteiger partial charge in [-0.1, -0.05) is 11.8 Å². The Balaban J connectivity index is 1.50. The Hall–Kier alpha value is -3.14. The van der Waals surface area contributed by atoms with Crippen molar-refractivity contribution in [2.75, 3.05) is 17.2 Å². The van der Waals surface area contributed by atoms with Crippen molar-refractivity contribution in [2.45, 2.75) is 31.5 Å². The van der Waals surface area contributed by atoms with Gasteiger partial charge in [0.2, 0.25) is 5.91 Å². The molecule has 9 nitrogen and oxygen atoms in total. The number of carbonyl (C=O) groups excluding carboxylic acids is 1. The molecule has 0 N–H and O–H groups in total. The van der Waals surface area contributed by atoms with E-state index in [1.54, 1.807) is 29.4 Å². The van der Waals surface area contributed by atoms with E-state index in [1.165, 1.54) is 17.8 Å². The Morgan fingerprint density at radius 2 is 2.21 bits per heavy atom. The average molecular weight is 413 g/mol. The monoisotopic (exact) mass is 413 g/mol. The second kappa shape index (κ2) is 8.08. The molecule has 1 aliphatic heterocycles. The maximum Gasteiger partial charge on any atom is 0.269 e. The smallest absolute Gasteiger partial charge is 0.269 e. The van der Waals surface area contributed by atoms with Gasteiger partial charge in [0, 0.05) is 30.9 Å². The molecular formula is C19H19N5O4S. The number of benzene rings is 1. The zero-order valence-electron chi connectivity index (χ0n) is 15.8. The third kappa shape index (κ3) is 3.75. The van der Waals surface area contributed by atoms with Gasteiger partial charge >= 0.3 is 0 Å². The second-order valence-electron chi connectivity index (χ2n) is 6.54. The summed E-state index contributed by atoms with van der Waals surface area (Å²) in [5, 5.41) is 20.1. The average Bonchev–Trinajstić information content (AvgIpc) is 3.40. The normalized spacial score (nSPS) is 13.3. The van der Waals surface area contributed by atoms with Crippen LogP contribution in [0.15, 0.2) is 46.2 Å². The highest BCUT2D eigenvalue weighted by Crippen LogP contribution is 2.31. The summed E-state index contributed by atoms with van der Waals surface area (Å²) in [7, 11) is 0. The zero-order chi connectivity index (χ0) is 20.4. The summed E-state index contributed by atoms with van der Waals surface area (Å²) >= 11 is 1.32. The summed E-state index contributed by atoms with van der Waals surface area (Å²) in [5.74, 6) is 1.40. The van der Waals surface area contributed by atoms with E-state index in [4.69, 9.17) is 4.42 Å². The molecule has 0 fully saturated rings. The maximum absolute atomic E-state index is 12.9. The van der Waals surface area contributed by atoms with Gasteiger partial charge < -0.3 is 9.32 Å². The molecule has 0 spiro atoms. The largest absolute Gasteiger partial charge is 0.461 e. The third-order valence-corrected chi connectivity index (χ3v) is 5.74. The van der Waals surface area contributed by atoms with Gasteiger partial charge in [-0.3, -0.25) is 19.5 Å². The number of non-ortho nitro benzene ring substituents is 1. The molecule has 0 aliphatic carbocycles. The van der Waals surface area contributed by atoms with Gasteiger partial charge in [-0.2, -0.15) is 0 Å². The lowest BCUT2D eigenvalue weighted by molar-refractivity contribution is -0.384. The molecule has 0 unspecified atom stereocenters. The van der Waals surface area contributed by atoms with Crippen molar-refractivity contribution >= 4 is 29.0 Å². The minimum atomic E-state index is -0.412. The molecule has 0 saturated carbocycles. The first kappa shape index (κ1) is 19.2. The molecule has 10 heteroatoms. The molecule has 3 heterocycles. The molecule has 29 heavy (non-hydrogen) atoms. The Morgan fingerprint density at radius 1 is 1.34 bits per heavy atom. The zero-order valence-corrected chi connectivity index (χ0v) is 16.6. The van der Waals surface area contributed by atoms with Crippen LogP contribution < -0.4 is 4.90 Å². The second-order valence-corrected chi connectivity index (χ2v) is 7.48. The van der Waals surface area contributed by atoms with Crippen molar-refractivity contribution in [1.82, 2.24) is 14.8 Å². The number of carbonyl (C=O) groups is 1. The number of thioether (sulfide) groups is 1. The van der Waals surface area contributed by atoms with Crippen LogP contribution in [0.2, 0.25) is 0 Å². The van der Waals surface area contributed by atoms with Gasteiger partial charge in [0.15, 0.2) is 16.7 Å². The number of rotatable bonds is 6. The van der Waals surface area contributed by atoms with E-state index in [9.17, 15) is 14.9 Å². The molecular weight excluding hydrogens is 394 g/mol. The van der Waals surface area contributed by atoms with Gasteiger partial charge in [0.05, 0.1) is 16.9 Å². The quantitative estimate of drug-likeness (QED) is 0.345. The van der Waals surface area contributed by atoms with E-state index in [-0.39, 0.29) is 17.3 Å². The molecule has 0 radical (unpaired) electrons. The number of nitro benzene ring substituents is 1. The van der Waals surface area contributed by atoms with Crippen LogP contribution in [0.1, 0.15) is 18.9 Å². The lowest BCUT2D eigenvalue weighted by atomic mass is 10.0. The van der Waals surface area contributed by atoms with Crippen LogP contribution in [0, 0.1) is 10.1 Å².